The number of aromatic nitrogens is 2. The van der Waals surface area contributed by atoms with E-state index in [2.05, 4.69) is 9.97 Å². The minimum absolute atomic E-state index is 0.0705. The van der Waals surface area contributed by atoms with Crippen LogP contribution in [0.4, 0.5) is 19.0 Å². The molecule has 0 spiro atoms. The Morgan fingerprint density at radius 2 is 2.00 bits per heavy atom. The van der Waals surface area contributed by atoms with Gasteiger partial charge in [0.1, 0.15) is 0 Å². The van der Waals surface area contributed by atoms with Gasteiger partial charge in [-0.3, -0.25) is 4.79 Å². The van der Waals surface area contributed by atoms with Crippen molar-refractivity contribution in [2.75, 3.05) is 5.73 Å². The molecule has 90 valence electrons. The molecule has 0 aliphatic rings. The van der Waals surface area contributed by atoms with Gasteiger partial charge in [0.05, 0.1) is 21.6 Å². The molecule has 2 aromatic rings. The van der Waals surface area contributed by atoms with Crippen LogP contribution in [0.2, 0.25) is 5.02 Å². The molecule has 1 aromatic carbocycles. The van der Waals surface area contributed by atoms with E-state index >= 15 is 0 Å². The Balaban J connectivity index is 2.81. The van der Waals surface area contributed by atoms with Gasteiger partial charge >= 0.3 is 6.18 Å². The molecule has 4 nitrogen and oxygen atoms in total. The van der Waals surface area contributed by atoms with Crippen LogP contribution in [-0.2, 0) is 6.18 Å². The molecule has 3 N–H and O–H groups in total. The first kappa shape index (κ1) is 11.7. The van der Waals surface area contributed by atoms with Crippen molar-refractivity contribution in [1.82, 2.24) is 9.97 Å². The summed E-state index contributed by atoms with van der Waals surface area (Å²) >= 11 is 5.48. The average Bonchev–Trinajstić information content (AvgIpc) is 2.18. The molecule has 0 bridgehead atoms. The van der Waals surface area contributed by atoms with Crippen LogP contribution in [0.5, 0.6) is 0 Å². The summed E-state index contributed by atoms with van der Waals surface area (Å²) in [7, 11) is 0. The Bertz CT molecular complexity index is 650. The highest BCUT2D eigenvalue weighted by atomic mass is 35.5. The van der Waals surface area contributed by atoms with E-state index in [1.54, 1.807) is 0 Å². The second kappa shape index (κ2) is 3.63. The Kier molecular flexibility index (Phi) is 2.50. The molecule has 1 aromatic heterocycles. The number of nitrogen functional groups attached to an aromatic ring is 1. The fourth-order valence-corrected chi connectivity index (χ4v) is 1.61. The number of nitrogens with zero attached hydrogens (tertiary/aromatic N) is 1. The quantitative estimate of drug-likeness (QED) is 0.765. The first-order valence-corrected chi connectivity index (χ1v) is 4.73. The molecule has 0 saturated carbocycles. The van der Waals surface area contributed by atoms with E-state index in [-0.39, 0.29) is 11.0 Å². The highest BCUT2D eigenvalue weighted by molar-refractivity contribution is 6.32. The molecule has 0 saturated heterocycles. The third kappa shape index (κ3) is 2.05. The topological polar surface area (TPSA) is 71.8 Å². The van der Waals surface area contributed by atoms with Gasteiger partial charge in [-0.25, -0.2) is 4.98 Å². The number of nitrogens with two attached hydrogens (primary N) is 1. The van der Waals surface area contributed by atoms with Gasteiger partial charge in [-0.1, -0.05) is 11.6 Å². The van der Waals surface area contributed by atoms with Crippen LogP contribution in [0.3, 0.4) is 0 Å². The van der Waals surface area contributed by atoms with Crippen LogP contribution in [0.25, 0.3) is 11.0 Å². The third-order valence-electron chi connectivity index (χ3n) is 2.11. The smallest absolute Gasteiger partial charge is 0.379 e. The lowest BCUT2D eigenvalue weighted by atomic mass is 10.2. The molecule has 2 rings (SSSR count). The van der Waals surface area contributed by atoms with Gasteiger partial charge in [0, 0.05) is 0 Å². The lowest BCUT2D eigenvalue weighted by Gasteiger charge is -2.09. The van der Waals surface area contributed by atoms with E-state index in [1.165, 1.54) is 0 Å². The van der Waals surface area contributed by atoms with Crippen LogP contribution in [0.1, 0.15) is 5.56 Å². The van der Waals surface area contributed by atoms with Crippen LogP contribution in [0, 0.1) is 0 Å². The van der Waals surface area contributed by atoms with E-state index < -0.39 is 28.1 Å². The van der Waals surface area contributed by atoms with Crippen molar-refractivity contribution < 1.29 is 13.2 Å². The maximum absolute atomic E-state index is 12.5. The summed E-state index contributed by atoms with van der Waals surface area (Å²) in [4.78, 5) is 17.0. The van der Waals surface area contributed by atoms with Crippen molar-refractivity contribution in [2.24, 2.45) is 0 Å². The fraction of sp³-hybridized carbons (Fsp3) is 0.111. The van der Waals surface area contributed by atoms with Gasteiger partial charge < -0.3 is 10.7 Å². The number of hydrogen-bond acceptors (Lipinski definition) is 3. The molecule has 0 unspecified atom stereocenters. The number of halogens is 4. The summed E-state index contributed by atoms with van der Waals surface area (Å²) in [6, 6.07) is 1.73. The van der Waals surface area contributed by atoms with E-state index in [0.717, 1.165) is 12.1 Å². The molecule has 0 atom stereocenters. The number of anilines is 1. The zero-order valence-electron chi connectivity index (χ0n) is 8.10. The largest absolute Gasteiger partial charge is 0.417 e. The first-order valence-electron chi connectivity index (χ1n) is 4.35. The normalized spacial score (nSPS) is 12.0. The molecule has 0 aliphatic carbocycles. The van der Waals surface area contributed by atoms with Gasteiger partial charge in [0.2, 0.25) is 0 Å². The molecule has 0 radical (unpaired) electrons. The summed E-state index contributed by atoms with van der Waals surface area (Å²) < 4.78 is 37.6. The molecule has 8 heteroatoms. The van der Waals surface area contributed by atoms with Crippen LogP contribution < -0.4 is 11.3 Å². The standard InChI is InChI=1S/C9H5ClF3N3O/c10-4-2-6-5(1-3(4)9(11,12)13)15-7(14)8(17)16-6/h1-2H,(H2,14,15)(H,16,17). The minimum atomic E-state index is -4.59. The SMILES string of the molecule is Nc1nc2cc(C(F)(F)F)c(Cl)cc2[nH]c1=O. The second-order valence-electron chi connectivity index (χ2n) is 3.30. The molecule has 17 heavy (non-hydrogen) atoms. The molecule has 0 amide bonds. The third-order valence-corrected chi connectivity index (χ3v) is 2.43. The van der Waals surface area contributed by atoms with Crippen molar-refractivity contribution >= 4 is 28.5 Å². The van der Waals surface area contributed by atoms with E-state index in [0.29, 0.717) is 0 Å². The minimum Gasteiger partial charge on any atom is -0.379 e. The molecule has 0 fully saturated rings. The van der Waals surface area contributed by atoms with Gasteiger partial charge in [0.15, 0.2) is 5.82 Å². The van der Waals surface area contributed by atoms with E-state index in [9.17, 15) is 18.0 Å². The number of alkyl halides is 3. The summed E-state index contributed by atoms with van der Waals surface area (Å²) in [6.45, 7) is 0. The van der Waals surface area contributed by atoms with Gasteiger partial charge in [-0.2, -0.15) is 13.2 Å². The van der Waals surface area contributed by atoms with Gasteiger partial charge in [0.25, 0.3) is 5.56 Å². The summed E-state index contributed by atoms with van der Waals surface area (Å²) in [5, 5.41) is -0.507. The predicted molar refractivity (Wildman–Crippen MR) is 56.8 cm³/mol. The number of benzene rings is 1. The number of rotatable bonds is 0. The maximum Gasteiger partial charge on any atom is 0.417 e. The number of nitrogens with one attached hydrogen (secondary N) is 1. The molecule has 0 aliphatic heterocycles. The number of aromatic amines is 1. The highest BCUT2D eigenvalue weighted by Crippen LogP contribution is 2.36. The van der Waals surface area contributed by atoms with Crippen LogP contribution >= 0.6 is 11.6 Å². The number of H-pyrrole nitrogens is 1. The van der Waals surface area contributed by atoms with Crippen molar-refractivity contribution in [3.05, 3.63) is 33.1 Å². The lowest BCUT2D eigenvalue weighted by molar-refractivity contribution is -0.137. The Labute approximate surface area is 97.2 Å². The predicted octanol–water partition coefficient (Wildman–Crippen LogP) is 2.18. The van der Waals surface area contributed by atoms with Crippen molar-refractivity contribution in [3.8, 4) is 0 Å². The Morgan fingerprint density at radius 1 is 1.35 bits per heavy atom. The van der Waals surface area contributed by atoms with Gasteiger partial charge in [-0.15, -0.1) is 0 Å². The van der Waals surface area contributed by atoms with Crippen molar-refractivity contribution in [1.29, 1.82) is 0 Å². The second-order valence-corrected chi connectivity index (χ2v) is 3.71. The maximum atomic E-state index is 12.5. The van der Waals surface area contributed by atoms with Gasteiger partial charge in [-0.05, 0) is 12.1 Å². The molecule has 1 heterocycles. The summed E-state index contributed by atoms with van der Waals surface area (Å²) in [5.41, 5.74) is 3.55. The zero-order chi connectivity index (χ0) is 12.8. The van der Waals surface area contributed by atoms with Crippen LogP contribution in [0.15, 0.2) is 16.9 Å². The highest BCUT2D eigenvalue weighted by Gasteiger charge is 2.33. The van der Waals surface area contributed by atoms with E-state index in [1.807, 2.05) is 0 Å². The lowest BCUT2D eigenvalue weighted by Crippen LogP contribution is -2.14. The van der Waals surface area contributed by atoms with Crippen molar-refractivity contribution in [2.45, 2.75) is 6.18 Å². The fourth-order valence-electron chi connectivity index (χ4n) is 1.34. The molecular formula is C9H5ClF3N3O. The monoisotopic (exact) mass is 263 g/mol. The van der Waals surface area contributed by atoms with E-state index in [4.69, 9.17) is 17.3 Å². The van der Waals surface area contributed by atoms with Crippen molar-refractivity contribution in [3.63, 3.8) is 0 Å². The first-order chi connectivity index (χ1) is 7.79. The number of hydrogen-bond donors (Lipinski definition) is 2. The number of fused-ring (bicyclic) bond motifs is 1. The summed E-state index contributed by atoms with van der Waals surface area (Å²) in [6.07, 6.45) is -4.59. The average molecular weight is 264 g/mol. The Hall–Kier alpha value is -1.76. The summed E-state index contributed by atoms with van der Waals surface area (Å²) in [5.74, 6) is -0.395. The molecular weight excluding hydrogens is 259 g/mol. The zero-order valence-corrected chi connectivity index (χ0v) is 8.86. The van der Waals surface area contributed by atoms with Crippen LogP contribution in [-0.4, -0.2) is 9.97 Å². The Morgan fingerprint density at radius 3 is 2.59 bits per heavy atom.